The molecule has 3 aromatic rings. The van der Waals surface area contributed by atoms with E-state index in [9.17, 15) is 18.4 Å². The number of carboxylic acids is 1. The summed E-state index contributed by atoms with van der Waals surface area (Å²) in [5.74, 6) is -0.958. The van der Waals surface area contributed by atoms with E-state index in [0.717, 1.165) is 51.4 Å². The van der Waals surface area contributed by atoms with Crippen molar-refractivity contribution in [2.75, 3.05) is 27.3 Å². The first kappa shape index (κ1) is 33.0. The van der Waals surface area contributed by atoms with Crippen LogP contribution < -0.4 is 15.2 Å². The smallest absolute Gasteiger partial charge is 0.303 e. The van der Waals surface area contributed by atoms with Gasteiger partial charge in [0.25, 0.3) is 5.91 Å². The number of allylic oxidation sites excluding steroid dienone is 2. The van der Waals surface area contributed by atoms with Crippen molar-refractivity contribution in [1.82, 2.24) is 4.90 Å². The minimum atomic E-state index is -0.824. The Morgan fingerprint density at radius 2 is 1.79 bits per heavy atom. The fourth-order valence-corrected chi connectivity index (χ4v) is 5.25. The van der Waals surface area contributed by atoms with E-state index in [4.69, 9.17) is 20.3 Å². The molecular formula is C34H38F2N2O5. The number of nitrogens with two attached hydrogens (primary N) is 1. The molecule has 3 aromatic carbocycles. The highest BCUT2D eigenvalue weighted by atomic mass is 19.1. The summed E-state index contributed by atoms with van der Waals surface area (Å²) in [7, 11) is 3.28. The zero-order chi connectivity index (χ0) is 31.7. The molecule has 0 aromatic heterocycles. The lowest BCUT2D eigenvalue weighted by Gasteiger charge is -2.22. The highest BCUT2D eigenvalue weighted by Crippen LogP contribution is 2.44. The summed E-state index contributed by atoms with van der Waals surface area (Å²) < 4.78 is 38.0. The van der Waals surface area contributed by atoms with Gasteiger partial charge in [0.2, 0.25) is 0 Å². The third-order valence-electron chi connectivity index (χ3n) is 7.21. The van der Waals surface area contributed by atoms with Gasteiger partial charge in [0.15, 0.2) is 0 Å². The first-order chi connectivity index (χ1) is 20.5. The average Bonchev–Trinajstić information content (AvgIpc) is 3.39. The predicted octanol–water partition coefficient (Wildman–Crippen LogP) is 6.54. The second-order valence-electron chi connectivity index (χ2n) is 10.2. The SMILES string of the molecule is C=C/C(F)=C(\C(=C)C)C(N)=O.COc1ccc(CN2CCC(F)C2)c(OC)c1-c1cccc2c(CCC(=O)O)cccc12. The number of fused-ring (bicyclic) bond motifs is 1. The highest BCUT2D eigenvalue weighted by molar-refractivity contribution is 6.01. The van der Waals surface area contributed by atoms with E-state index in [1.54, 1.807) is 14.2 Å². The van der Waals surface area contributed by atoms with Crippen LogP contribution in [0.15, 0.2) is 84.7 Å². The lowest BCUT2D eigenvalue weighted by molar-refractivity contribution is -0.137. The number of carboxylic acid groups (broad SMARTS) is 1. The van der Waals surface area contributed by atoms with Gasteiger partial charge in [-0.1, -0.05) is 55.6 Å². The Morgan fingerprint density at radius 3 is 2.33 bits per heavy atom. The largest absolute Gasteiger partial charge is 0.496 e. The number of benzene rings is 3. The van der Waals surface area contributed by atoms with Gasteiger partial charge in [0, 0.05) is 31.6 Å². The monoisotopic (exact) mass is 592 g/mol. The number of methoxy groups -OCH3 is 2. The van der Waals surface area contributed by atoms with E-state index in [1.807, 2.05) is 48.5 Å². The number of carbonyl (C=O) groups excluding carboxylic acids is 1. The average molecular weight is 593 g/mol. The van der Waals surface area contributed by atoms with E-state index >= 15 is 0 Å². The van der Waals surface area contributed by atoms with Gasteiger partial charge >= 0.3 is 5.97 Å². The molecule has 1 aliphatic heterocycles. The molecule has 1 amide bonds. The number of nitrogens with zero attached hydrogens (tertiary/aromatic N) is 1. The molecule has 4 rings (SSSR count). The quantitative estimate of drug-likeness (QED) is 0.194. The van der Waals surface area contributed by atoms with Crippen LogP contribution in [-0.2, 0) is 22.6 Å². The van der Waals surface area contributed by atoms with E-state index in [0.29, 0.717) is 37.3 Å². The molecule has 9 heteroatoms. The zero-order valence-corrected chi connectivity index (χ0v) is 24.8. The normalized spacial score (nSPS) is 15.2. The first-order valence-corrected chi connectivity index (χ1v) is 13.8. The minimum Gasteiger partial charge on any atom is -0.496 e. The number of carbonyl (C=O) groups is 2. The molecule has 43 heavy (non-hydrogen) atoms. The fraction of sp³-hybridized carbons (Fsp3) is 0.294. The molecule has 1 aliphatic rings. The Bertz CT molecular complexity index is 1530. The van der Waals surface area contributed by atoms with Crippen molar-refractivity contribution in [1.29, 1.82) is 0 Å². The van der Waals surface area contributed by atoms with Crippen molar-refractivity contribution in [2.24, 2.45) is 5.73 Å². The second-order valence-corrected chi connectivity index (χ2v) is 10.2. The maximum atomic E-state index is 13.7. The third kappa shape index (κ3) is 8.08. The summed E-state index contributed by atoms with van der Waals surface area (Å²) in [5.41, 5.74) is 8.76. The van der Waals surface area contributed by atoms with Gasteiger partial charge in [-0.25, -0.2) is 8.78 Å². The minimum absolute atomic E-state index is 0.0802. The number of primary amides is 1. The first-order valence-electron chi connectivity index (χ1n) is 13.8. The molecule has 0 aliphatic carbocycles. The molecule has 1 fully saturated rings. The van der Waals surface area contributed by atoms with E-state index in [2.05, 4.69) is 18.1 Å². The fourth-order valence-electron chi connectivity index (χ4n) is 5.25. The highest BCUT2D eigenvalue weighted by Gasteiger charge is 2.25. The van der Waals surface area contributed by atoms with Crippen LogP contribution in [0.2, 0.25) is 0 Å². The predicted molar refractivity (Wildman–Crippen MR) is 166 cm³/mol. The molecule has 0 bridgehead atoms. The van der Waals surface area contributed by atoms with Gasteiger partial charge in [-0.05, 0) is 59.4 Å². The van der Waals surface area contributed by atoms with Crippen molar-refractivity contribution < 1.29 is 33.0 Å². The van der Waals surface area contributed by atoms with Gasteiger partial charge in [0.1, 0.15) is 23.5 Å². The molecule has 1 unspecified atom stereocenters. The number of aliphatic carboxylic acids is 1. The molecule has 3 N–H and O–H groups in total. The number of halogens is 2. The molecule has 228 valence electrons. The second kappa shape index (κ2) is 15.1. The number of hydrogen-bond donors (Lipinski definition) is 2. The molecular weight excluding hydrogens is 554 g/mol. The Balaban J connectivity index is 0.000000393. The van der Waals surface area contributed by atoms with Crippen LogP contribution in [0.1, 0.15) is 30.9 Å². The van der Waals surface area contributed by atoms with E-state index in [1.165, 1.54) is 6.92 Å². The topological polar surface area (TPSA) is 102 Å². The summed E-state index contributed by atoms with van der Waals surface area (Å²) >= 11 is 0. The Morgan fingerprint density at radius 1 is 1.09 bits per heavy atom. The van der Waals surface area contributed by atoms with Crippen LogP contribution in [0.3, 0.4) is 0 Å². The number of alkyl halides is 1. The third-order valence-corrected chi connectivity index (χ3v) is 7.21. The molecule has 0 spiro atoms. The Hall–Kier alpha value is -4.50. The standard InChI is InChI=1S/C26H28FNO4.C8H10FNO/c1-31-23-11-9-18(15-28-14-13-19(27)16-28)26(32-2)25(23)22-8-4-6-20-17(10-12-24(29)30)5-3-7-21(20)22;1-4-6(9)7(5(2)3)8(10)11/h3-9,11,19H,10,12-16H2,1-2H3,(H,29,30);4H,1-2H2,3H3,(H2,10,11)/b;7-6-. The molecule has 1 saturated heterocycles. The lowest BCUT2D eigenvalue weighted by Crippen LogP contribution is -2.21. The van der Waals surface area contributed by atoms with Crippen LogP contribution in [-0.4, -0.2) is 55.4 Å². The number of hydrogen-bond acceptors (Lipinski definition) is 5. The Kier molecular flexibility index (Phi) is 11.6. The number of likely N-dealkylation sites (tertiary alicyclic amines) is 1. The number of rotatable bonds is 11. The van der Waals surface area contributed by atoms with Crippen LogP contribution in [0.5, 0.6) is 11.5 Å². The van der Waals surface area contributed by atoms with Crippen molar-refractivity contribution in [3.05, 3.63) is 95.9 Å². The number of amides is 1. The Labute approximate surface area is 250 Å². The molecule has 0 radical (unpaired) electrons. The van der Waals surface area contributed by atoms with E-state index < -0.39 is 23.9 Å². The van der Waals surface area contributed by atoms with Gasteiger partial charge in [0.05, 0.1) is 25.4 Å². The van der Waals surface area contributed by atoms with Crippen molar-refractivity contribution in [3.63, 3.8) is 0 Å². The summed E-state index contributed by atoms with van der Waals surface area (Å²) in [6.07, 6.45) is 1.25. The summed E-state index contributed by atoms with van der Waals surface area (Å²) in [5, 5.41) is 11.1. The molecule has 1 atom stereocenters. The lowest BCUT2D eigenvalue weighted by atomic mass is 9.92. The van der Waals surface area contributed by atoms with Crippen LogP contribution in [0.4, 0.5) is 8.78 Å². The summed E-state index contributed by atoms with van der Waals surface area (Å²) in [6, 6.07) is 15.9. The summed E-state index contributed by atoms with van der Waals surface area (Å²) in [4.78, 5) is 23.8. The van der Waals surface area contributed by atoms with Gasteiger partial charge < -0.3 is 20.3 Å². The van der Waals surface area contributed by atoms with Crippen LogP contribution in [0.25, 0.3) is 21.9 Å². The summed E-state index contributed by atoms with van der Waals surface area (Å²) in [6.45, 7) is 9.84. The van der Waals surface area contributed by atoms with Gasteiger partial charge in [-0.15, -0.1) is 0 Å². The van der Waals surface area contributed by atoms with E-state index in [-0.39, 0.29) is 12.0 Å². The van der Waals surface area contributed by atoms with Gasteiger partial charge in [-0.2, -0.15) is 0 Å². The zero-order valence-electron chi connectivity index (χ0n) is 24.8. The van der Waals surface area contributed by atoms with Crippen LogP contribution >= 0.6 is 0 Å². The van der Waals surface area contributed by atoms with Crippen LogP contribution in [0, 0.1) is 0 Å². The molecule has 1 heterocycles. The number of aryl methyl sites for hydroxylation is 1. The maximum absolute atomic E-state index is 13.7. The molecule has 7 nitrogen and oxygen atoms in total. The maximum Gasteiger partial charge on any atom is 0.303 e. The van der Waals surface area contributed by atoms with Crippen molar-refractivity contribution in [2.45, 2.75) is 38.9 Å². The van der Waals surface area contributed by atoms with Crippen molar-refractivity contribution >= 4 is 22.6 Å². The molecule has 0 saturated carbocycles. The van der Waals surface area contributed by atoms with Gasteiger partial charge in [-0.3, -0.25) is 14.5 Å². The van der Waals surface area contributed by atoms with Crippen molar-refractivity contribution in [3.8, 4) is 22.6 Å². The number of ether oxygens (including phenoxy) is 2.